The number of phenolic OH excluding ortho intramolecular Hbond substituents is 1. The topological polar surface area (TPSA) is 20.2 Å². The van der Waals surface area contributed by atoms with Gasteiger partial charge in [-0.3, -0.25) is 0 Å². The predicted octanol–water partition coefficient (Wildman–Crippen LogP) is 8.35. The van der Waals surface area contributed by atoms with Crippen LogP contribution in [0, 0.1) is 29.2 Å². The molecule has 0 amide bonds. The molecular formula is C27H34F4O. The predicted molar refractivity (Wildman–Crippen MR) is 120 cm³/mol. The number of halogens is 4. The summed E-state index contributed by atoms with van der Waals surface area (Å²) >= 11 is 0. The standard InChI is InChI=1S/C27H34F4O/c1-3-5-6-8-17-9-11-18(12-10-17)22-16-21(27(32)26(31)25(22)30)15-20-14-13-19(7-4-2)23(28)24(20)29/h13-14,16-18,32H,3-12,15H2,1-2H3. The molecule has 1 aliphatic rings. The quantitative estimate of drug-likeness (QED) is 0.301. The highest BCUT2D eigenvalue weighted by Gasteiger charge is 2.28. The van der Waals surface area contributed by atoms with Gasteiger partial charge in [-0.2, -0.15) is 4.39 Å². The fourth-order valence-electron chi connectivity index (χ4n) is 5.00. The zero-order valence-electron chi connectivity index (χ0n) is 19.1. The van der Waals surface area contributed by atoms with Crippen LogP contribution in [-0.4, -0.2) is 5.11 Å². The molecule has 1 nitrogen and oxygen atoms in total. The third kappa shape index (κ3) is 5.47. The average molecular weight is 451 g/mol. The Balaban J connectivity index is 1.80. The van der Waals surface area contributed by atoms with Gasteiger partial charge in [0.2, 0.25) is 5.82 Å². The Kier molecular flexibility index (Phi) is 8.61. The Hall–Kier alpha value is -2.04. The molecule has 0 spiro atoms. The van der Waals surface area contributed by atoms with E-state index in [0.29, 0.717) is 24.3 Å². The van der Waals surface area contributed by atoms with E-state index in [1.165, 1.54) is 43.9 Å². The van der Waals surface area contributed by atoms with E-state index in [2.05, 4.69) is 6.92 Å². The van der Waals surface area contributed by atoms with E-state index in [1.807, 2.05) is 6.92 Å². The highest BCUT2D eigenvalue weighted by atomic mass is 19.2. The first kappa shape index (κ1) is 24.6. The van der Waals surface area contributed by atoms with Gasteiger partial charge in [-0.15, -0.1) is 0 Å². The van der Waals surface area contributed by atoms with E-state index < -0.39 is 29.0 Å². The maximum atomic E-state index is 14.7. The van der Waals surface area contributed by atoms with E-state index in [-0.39, 0.29) is 29.0 Å². The van der Waals surface area contributed by atoms with Gasteiger partial charge in [0, 0.05) is 12.0 Å². The number of benzene rings is 2. The number of hydrogen-bond donors (Lipinski definition) is 1. The molecule has 3 rings (SSSR count). The Morgan fingerprint density at radius 2 is 1.44 bits per heavy atom. The molecule has 176 valence electrons. The van der Waals surface area contributed by atoms with Crippen LogP contribution in [0.4, 0.5) is 17.6 Å². The molecule has 0 aliphatic heterocycles. The number of unbranched alkanes of at least 4 members (excludes halogenated alkanes) is 2. The monoisotopic (exact) mass is 450 g/mol. The minimum Gasteiger partial charge on any atom is -0.505 e. The molecule has 0 saturated heterocycles. The Labute approximate surface area is 188 Å². The molecule has 0 bridgehead atoms. The van der Waals surface area contributed by atoms with E-state index in [0.717, 1.165) is 25.7 Å². The van der Waals surface area contributed by atoms with Crippen molar-refractivity contribution in [3.05, 3.63) is 63.7 Å². The molecule has 1 saturated carbocycles. The van der Waals surface area contributed by atoms with Gasteiger partial charge in [0.05, 0.1) is 0 Å². The Morgan fingerprint density at radius 3 is 2.09 bits per heavy atom. The summed E-state index contributed by atoms with van der Waals surface area (Å²) in [6.45, 7) is 4.06. The van der Waals surface area contributed by atoms with Crippen molar-refractivity contribution in [2.45, 2.75) is 90.4 Å². The number of aryl methyl sites for hydroxylation is 1. The second-order valence-electron chi connectivity index (χ2n) is 9.25. The summed E-state index contributed by atoms with van der Waals surface area (Å²) in [5.74, 6) is -4.54. The van der Waals surface area contributed by atoms with Gasteiger partial charge in [-0.05, 0) is 66.7 Å². The van der Waals surface area contributed by atoms with Gasteiger partial charge in [0.25, 0.3) is 0 Å². The Morgan fingerprint density at radius 1 is 0.781 bits per heavy atom. The van der Waals surface area contributed by atoms with Gasteiger partial charge in [0.15, 0.2) is 23.2 Å². The smallest absolute Gasteiger partial charge is 0.200 e. The molecule has 2 aromatic carbocycles. The van der Waals surface area contributed by atoms with Crippen molar-refractivity contribution < 1.29 is 22.7 Å². The molecule has 0 heterocycles. The van der Waals surface area contributed by atoms with Crippen molar-refractivity contribution in [3.8, 4) is 5.75 Å². The van der Waals surface area contributed by atoms with Crippen molar-refractivity contribution in [1.29, 1.82) is 0 Å². The lowest BCUT2D eigenvalue weighted by atomic mass is 9.76. The van der Waals surface area contributed by atoms with Gasteiger partial charge in [0.1, 0.15) is 0 Å². The van der Waals surface area contributed by atoms with Crippen LogP contribution in [-0.2, 0) is 12.8 Å². The van der Waals surface area contributed by atoms with E-state index in [1.54, 1.807) is 0 Å². The van der Waals surface area contributed by atoms with Crippen LogP contribution in [0.3, 0.4) is 0 Å². The highest BCUT2D eigenvalue weighted by molar-refractivity contribution is 5.44. The molecule has 0 radical (unpaired) electrons. The van der Waals surface area contributed by atoms with Crippen molar-refractivity contribution >= 4 is 0 Å². The number of hydrogen-bond acceptors (Lipinski definition) is 1. The van der Waals surface area contributed by atoms with Gasteiger partial charge in [-0.25, -0.2) is 13.2 Å². The van der Waals surface area contributed by atoms with Gasteiger partial charge < -0.3 is 5.11 Å². The molecule has 1 aliphatic carbocycles. The Bertz CT molecular complexity index is 917. The lowest BCUT2D eigenvalue weighted by molar-refractivity contribution is 0.296. The number of aromatic hydroxyl groups is 1. The highest BCUT2D eigenvalue weighted by Crippen LogP contribution is 2.41. The largest absolute Gasteiger partial charge is 0.505 e. The van der Waals surface area contributed by atoms with Crippen LogP contribution in [0.15, 0.2) is 18.2 Å². The van der Waals surface area contributed by atoms with Crippen LogP contribution >= 0.6 is 0 Å². The third-order valence-corrected chi connectivity index (χ3v) is 6.93. The fourth-order valence-corrected chi connectivity index (χ4v) is 5.00. The minimum absolute atomic E-state index is 0.0224. The fraction of sp³-hybridized carbons (Fsp3) is 0.556. The second kappa shape index (κ2) is 11.2. The minimum atomic E-state index is -1.30. The molecule has 1 N–H and O–H groups in total. The first-order chi connectivity index (χ1) is 15.4. The van der Waals surface area contributed by atoms with E-state index >= 15 is 0 Å². The molecule has 0 aromatic heterocycles. The zero-order valence-corrected chi connectivity index (χ0v) is 19.1. The summed E-state index contributed by atoms with van der Waals surface area (Å²) in [6.07, 6.45) is 9.19. The second-order valence-corrected chi connectivity index (χ2v) is 9.25. The maximum absolute atomic E-state index is 14.7. The summed E-state index contributed by atoms with van der Waals surface area (Å²) in [7, 11) is 0. The molecule has 2 aromatic rings. The van der Waals surface area contributed by atoms with Gasteiger partial charge in [-0.1, -0.05) is 58.1 Å². The molecule has 5 heteroatoms. The van der Waals surface area contributed by atoms with Gasteiger partial charge >= 0.3 is 0 Å². The van der Waals surface area contributed by atoms with Crippen LogP contribution in [0.2, 0.25) is 0 Å². The number of rotatable bonds is 9. The number of phenols is 1. The summed E-state index contributed by atoms with van der Waals surface area (Å²) < 4.78 is 58.2. The van der Waals surface area contributed by atoms with Crippen molar-refractivity contribution in [1.82, 2.24) is 0 Å². The first-order valence-electron chi connectivity index (χ1n) is 12.0. The average Bonchev–Trinajstić information content (AvgIpc) is 2.80. The molecule has 0 atom stereocenters. The summed E-state index contributed by atoms with van der Waals surface area (Å²) in [6, 6.07) is 4.44. The normalized spacial score (nSPS) is 18.8. The maximum Gasteiger partial charge on any atom is 0.200 e. The van der Waals surface area contributed by atoms with E-state index in [4.69, 9.17) is 0 Å². The van der Waals surface area contributed by atoms with Crippen LogP contribution in [0.1, 0.15) is 99.8 Å². The van der Waals surface area contributed by atoms with Crippen LogP contribution in [0.5, 0.6) is 5.75 Å². The van der Waals surface area contributed by atoms with Crippen molar-refractivity contribution in [2.75, 3.05) is 0 Å². The summed E-state index contributed by atoms with van der Waals surface area (Å²) in [4.78, 5) is 0. The SMILES string of the molecule is CCCCCC1CCC(c2cc(Cc3ccc(CCC)c(F)c3F)c(O)c(F)c2F)CC1. The molecule has 32 heavy (non-hydrogen) atoms. The lowest BCUT2D eigenvalue weighted by Gasteiger charge is -2.29. The van der Waals surface area contributed by atoms with Crippen LogP contribution in [0.25, 0.3) is 0 Å². The molecule has 0 unspecified atom stereocenters. The van der Waals surface area contributed by atoms with E-state index in [9.17, 15) is 22.7 Å². The molecule has 1 fully saturated rings. The third-order valence-electron chi connectivity index (χ3n) is 6.93. The van der Waals surface area contributed by atoms with Crippen LogP contribution < -0.4 is 0 Å². The molecular weight excluding hydrogens is 416 g/mol. The first-order valence-corrected chi connectivity index (χ1v) is 12.0. The van der Waals surface area contributed by atoms with Crippen molar-refractivity contribution in [3.63, 3.8) is 0 Å². The summed E-state index contributed by atoms with van der Waals surface area (Å²) in [5, 5.41) is 10.2. The zero-order chi connectivity index (χ0) is 23.3. The summed E-state index contributed by atoms with van der Waals surface area (Å²) in [5.41, 5.74) is 0.644. The lowest BCUT2D eigenvalue weighted by Crippen LogP contribution is -2.15. The van der Waals surface area contributed by atoms with Crippen molar-refractivity contribution in [2.24, 2.45) is 5.92 Å².